The molecule has 0 fully saturated rings. The van der Waals surface area contributed by atoms with Crippen LogP contribution in [-0.4, -0.2) is 32.1 Å². The molecule has 0 aliphatic heterocycles. The molecular formula is C6H6N2O4. The fourth-order valence-corrected chi connectivity index (χ4v) is 0.835. The zero-order chi connectivity index (χ0) is 9.30. The van der Waals surface area contributed by atoms with Crippen LogP contribution in [0.25, 0.3) is 0 Å². The zero-order valence-electron chi connectivity index (χ0n) is 6.18. The second kappa shape index (κ2) is 2.65. The Morgan fingerprint density at radius 3 is 2.42 bits per heavy atom. The smallest absolute Gasteiger partial charge is 0.433 e. The van der Waals surface area contributed by atoms with Crippen LogP contribution < -0.4 is 0 Å². The van der Waals surface area contributed by atoms with E-state index < -0.39 is 12.1 Å². The number of carbonyl (C=O) groups is 2. The minimum atomic E-state index is -1.40. The van der Waals surface area contributed by atoms with Crippen molar-refractivity contribution in [2.75, 3.05) is 0 Å². The second-order valence-corrected chi connectivity index (χ2v) is 2.18. The van der Waals surface area contributed by atoms with Gasteiger partial charge >= 0.3 is 12.1 Å². The van der Waals surface area contributed by atoms with Gasteiger partial charge in [0.2, 0.25) is 0 Å². The number of rotatable bonds is 1. The molecule has 0 amide bonds. The van der Waals surface area contributed by atoms with Crippen molar-refractivity contribution in [3.63, 3.8) is 0 Å². The van der Waals surface area contributed by atoms with E-state index in [4.69, 9.17) is 10.2 Å². The predicted molar refractivity (Wildman–Crippen MR) is 37.3 cm³/mol. The lowest BCUT2D eigenvalue weighted by molar-refractivity contribution is 0.0681. The Balaban J connectivity index is 3.31. The van der Waals surface area contributed by atoms with Crippen molar-refractivity contribution in [1.29, 1.82) is 0 Å². The van der Waals surface area contributed by atoms with Crippen molar-refractivity contribution in [2.24, 2.45) is 0 Å². The molecule has 0 saturated heterocycles. The van der Waals surface area contributed by atoms with Crippen molar-refractivity contribution < 1.29 is 19.8 Å². The largest absolute Gasteiger partial charge is 0.476 e. The summed E-state index contributed by atoms with van der Waals surface area (Å²) in [7, 11) is 0. The van der Waals surface area contributed by atoms with Crippen LogP contribution in [0.2, 0.25) is 0 Å². The van der Waals surface area contributed by atoms with Crippen LogP contribution in [-0.2, 0) is 0 Å². The van der Waals surface area contributed by atoms with Gasteiger partial charge in [-0.05, 0) is 6.92 Å². The van der Waals surface area contributed by atoms with E-state index in [-0.39, 0.29) is 5.69 Å². The zero-order valence-corrected chi connectivity index (χ0v) is 6.18. The molecule has 64 valence electrons. The van der Waals surface area contributed by atoms with Crippen LogP contribution in [0.1, 0.15) is 16.1 Å². The number of carboxylic acid groups (broad SMARTS) is 2. The van der Waals surface area contributed by atoms with E-state index in [9.17, 15) is 9.59 Å². The van der Waals surface area contributed by atoms with Crippen molar-refractivity contribution in [3.8, 4) is 0 Å². The van der Waals surface area contributed by atoms with Crippen LogP contribution in [0.3, 0.4) is 0 Å². The van der Waals surface area contributed by atoms with Crippen LogP contribution >= 0.6 is 0 Å². The molecule has 2 N–H and O–H groups in total. The monoisotopic (exact) mass is 170 g/mol. The fourth-order valence-electron chi connectivity index (χ4n) is 0.835. The lowest BCUT2D eigenvalue weighted by atomic mass is 10.3. The Kier molecular flexibility index (Phi) is 1.82. The van der Waals surface area contributed by atoms with Crippen LogP contribution in [0.4, 0.5) is 4.79 Å². The normalized spacial score (nSPS) is 9.75. The molecule has 6 heteroatoms. The molecule has 1 rings (SSSR count). The maximum Gasteiger partial charge on any atom is 0.433 e. The van der Waals surface area contributed by atoms with Gasteiger partial charge in [0.1, 0.15) is 0 Å². The molecule has 6 nitrogen and oxygen atoms in total. The van der Waals surface area contributed by atoms with Gasteiger partial charge in [-0.15, -0.1) is 0 Å². The van der Waals surface area contributed by atoms with Gasteiger partial charge in [-0.2, -0.15) is 9.78 Å². The average Bonchev–Trinajstić information content (AvgIpc) is 2.30. The first-order chi connectivity index (χ1) is 5.54. The van der Waals surface area contributed by atoms with Gasteiger partial charge in [-0.25, -0.2) is 9.59 Å². The Hall–Kier alpha value is -1.85. The number of nitrogens with zero attached hydrogens (tertiary/aromatic N) is 2. The van der Waals surface area contributed by atoms with Crippen LogP contribution in [0, 0.1) is 6.92 Å². The predicted octanol–water partition coefficient (Wildman–Crippen LogP) is 0.416. The van der Waals surface area contributed by atoms with Gasteiger partial charge in [0, 0.05) is 5.56 Å². The van der Waals surface area contributed by atoms with Crippen molar-refractivity contribution in [3.05, 3.63) is 17.5 Å². The first-order valence-electron chi connectivity index (χ1n) is 3.05. The molecule has 1 aromatic heterocycles. The highest BCUT2D eigenvalue weighted by Crippen LogP contribution is 2.05. The molecule has 1 heterocycles. The first-order valence-corrected chi connectivity index (χ1v) is 3.05. The Morgan fingerprint density at radius 1 is 1.50 bits per heavy atom. The SMILES string of the molecule is Cc1cnn(C(=O)O)c1C(=O)O. The number of carboxylic acids is 1. The second-order valence-electron chi connectivity index (χ2n) is 2.18. The fraction of sp³-hybridized carbons (Fsp3) is 0.167. The summed E-state index contributed by atoms with van der Waals surface area (Å²) < 4.78 is 0.428. The third-order valence-corrected chi connectivity index (χ3v) is 1.34. The maximum absolute atomic E-state index is 10.5. The van der Waals surface area contributed by atoms with Gasteiger partial charge in [-0.3, -0.25) is 0 Å². The Labute approximate surface area is 67.0 Å². The third-order valence-electron chi connectivity index (χ3n) is 1.34. The molecule has 0 aromatic carbocycles. The topological polar surface area (TPSA) is 92.4 Å². The molecule has 0 aliphatic rings. The quantitative estimate of drug-likeness (QED) is 0.636. The average molecular weight is 170 g/mol. The van der Waals surface area contributed by atoms with E-state index in [1.807, 2.05) is 0 Å². The molecular weight excluding hydrogens is 164 g/mol. The van der Waals surface area contributed by atoms with E-state index in [2.05, 4.69) is 5.10 Å². The van der Waals surface area contributed by atoms with Crippen molar-refractivity contribution >= 4 is 12.1 Å². The van der Waals surface area contributed by atoms with Gasteiger partial charge in [-0.1, -0.05) is 0 Å². The van der Waals surface area contributed by atoms with Crippen molar-refractivity contribution in [2.45, 2.75) is 6.92 Å². The molecule has 0 spiro atoms. The Morgan fingerprint density at radius 2 is 2.08 bits per heavy atom. The number of hydrogen-bond donors (Lipinski definition) is 2. The Bertz CT molecular complexity index is 341. The summed E-state index contributed by atoms with van der Waals surface area (Å²) in [5.74, 6) is -1.30. The van der Waals surface area contributed by atoms with Crippen molar-refractivity contribution in [1.82, 2.24) is 9.78 Å². The molecule has 0 saturated carbocycles. The van der Waals surface area contributed by atoms with E-state index in [0.717, 1.165) is 0 Å². The van der Waals surface area contributed by atoms with E-state index in [1.54, 1.807) is 0 Å². The molecule has 0 aliphatic carbocycles. The van der Waals surface area contributed by atoms with Gasteiger partial charge in [0.05, 0.1) is 6.20 Å². The number of aryl methyl sites for hydroxylation is 1. The van der Waals surface area contributed by atoms with Gasteiger partial charge in [0.15, 0.2) is 5.69 Å². The lowest BCUT2D eigenvalue weighted by Gasteiger charge is -1.96. The van der Waals surface area contributed by atoms with Gasteiger partial charge in [0.25, 0.3) is 0 Å². The van der Waals surface area contributed by atoms with Crippen LogP contribution in [0.15, 0.2) is 6.20 Å². The van der Waals surface area contributed by atoms with E-state index in [1.165, 1.54) is 13.1 Å². The minimum Gasteiger partial charge on any atom is -0.476 e. The van der Waals surface area contributed by atoms with Gasteiger partial charge < -0.3 is 10.2 Å². The summed E-state index contributed by atoms with van der Waals surface area (Å²) in [6.07, 6.45) is -0.210. The molecule has 0 bridgehead atoms. The highest BCUT2D eigenvalue weighted by atomic mass is 16.4. The highest BCUT2D eigenvalue weighted by Gasteiger charge is 2.18. The standard InChI is InChI=1S/C6H6N2O4/c1-3-2-7-8(6(11)12)4(3)5(9)10/h2H,1H3,(H,9,10)(H,11,12). The first kappa shape index (κ1) is 8.25. The summed E-state index contributed by atoms with van der Waals surface area (Å²) in [5, 5.41) is 20.4. The molecule has 1 aromatic rings. The summed E-state index contributed by atoms with van der Waals surface area (Å²) >= 11 is 0. The van der Waals surface area contributed by atoms with E-state index in [0.29, 0.717) is 10.2 Å². The molecule has 0 unspecified atom stereocenters. The minimum absolute atomic E-state index is 0.317. The van der Waals surface area contributed by atoms with Crippen LogP contribution in [0.5, 0.6) is 0 Å². The van der Waals surface area contributed by atoms with E-state index >= 15 is 0 Å². The highest BCUT2D eigenvalue weighted by molar-refractivity contribution is 5.90. The number of hydrogen-bond acceptors (Lipinski definition) is 3. The lowest BCUT2D eigenvalue weighted by Crippen LogP contribution is -2.17. The molecule has 12 heavy (non-hydrogen) atoms. The molecule has 0 radical (unpaired) electrons. The third kappa shape index (κ3) is 1.14. The number of aromatic carboxylic acids is 1. The molecule has 0 atom stereocenters. The summed E-state index contributed by atoms with van der Waals surface area (Å²) in [4.78, 5) is 20.9. The summed E-state index contributed by atoms with van der Waals surface area (Å²) in [6.45, 7) is 1.48. The summed E-state index contributed by atoms with van der Waals surface area (Å²) in [5.41, 5.74) is 0.00685. The number of aromatic nitrogens is 2. The summed E-state index contributed by atoms with van der Waals surface area (Å²) in [6, 6.07) is 0. The maximum atomic E-state index is 10.5.